The summed E-state index contributed by atoms with van der Waals surface area (Å²) in [4.78, 5) is 39.4. The van der Waals surface area contributed by atoms with Crippen LogP contribution in [-0.4, -0.2) is 41.3 Å². The smallest absolute Gasteiger partial charge is 0.338 e. The summed E-state index contributed by atoms with van der Waals surface area (Å²) in [5.74, 6) is -1.08. The molecule has 2 aromatic rings. The predicted octanol–water partition coefficient (Wildman–Crippen LogP) is 3.61. The second-order valence-corrected chi connectivity index (χ2v) is 7.34. The van der Waals surface area contributed by atoms with E-state index in [1.807, 2.05) is 6.07 Å². The van der Waals surface area contributed by atoms with Crippen LogP contribution in [0.2, 0.25) is 0 Å². The summed E-state index contributed by atoms with van der Waals surface area (Å²) in [7, 11) is 0. The number of aliphatic carboxylic acids is 1. The van der Waals surface area contributed by atoms with E-state index in [-0.39, 0.29) is 18.9 Å². The van der Waals surface area contributed by atoms with E-state index in [0.29, 0.717) is 33.7 Å². The van der Waals surface area contributed by atoms with Crippen molar-refractivity contribution in [2.45, 2.75) is 13.3 Å². The molecule has 0 unspecified atom stereocenters. The van der Waals surface area contributed by atoms with Crippen LogP contribution in [0.3, 0.4) is 0 Å². The van der Waals surface area contributed by atoms with Crippen molar-refractivity contribution in [3.63, 3.8) is 0 Å². The van der Waals surface area contributed by atoms with Crippen molar-refractivity contribution in [1.29, 1.82) is 0 Å². The van der Waals surface area contributed by atoms with Gasteiger partial charge in [0.1, 0.15) is 5.75 Å². The topological polar surface area (TPSA) is 114 Å². The van der Waals surface area contributed by atoms with Crippen LogP contribution in [0, 0.1) is 0 Å². The van der Waals surface area contributed by atoms with E-state index in [1.165, 1.54) is 11.8 Å². The van der Waals surface area contributed by atoms with Gasteiger partial charge in [0.25, 0.3) is 5.91 Å². The van der Waals surface area contributed by atoms with Gasteiger partial charge in [-0.05, 0) is 66.7 Å². The molecule has 0 bridgehead atoms. The van der Waals surface area contributed by atoms with Gasteiger partial charge in [-0.15, -0.1) is 0 Å². The third-order valence-electron chi connectivity index (χ3n) is 4.00. The first-order valence-corrected chi connectivity index (χ1v) is 10.3. The zero-order valence-corrected chi connectivity index (χ0v) is 17.5. The molecule has 0 aliphatic carbocycles. The summed E-state index contributed by atoms with van der Waals surface area (Å²) < 4.78 is 10.4. The zero-order chi connectivity index (χ0) is 22.2. The molecule has 1 saturated heterocycles. The van der Waals surface area contributed by atoms with Crippen molar-refractivity contribution < 1.29 is 29.0 Å². The largest absolute Gasteiger partial charge is 0.493 e. The molecule has 0 radical (unpaired) electrons. The fourth-order valence-electron chi connectivity index (χ4n) is 2.59. The van der Waals surface area contributed by atoms with Gasteiger partial charge in [-0.1, -0.05) is 12.1 Å². The Hall–Kier alpha value is -3.59. The number of esters is 1. The zero-order valence-electron chi connectivity index (χ0n) is 16.7. The van der Waals surface area contributed by atoms with Gasteiger partial charge in [0.05, 0.1) is 35.8 Å². The van der Waals surface area contributed by atoms with Crippen LogP contribution in [0.25, 0.3) is 6.08 Å². The number of carbonyl (C=O) groups is 3. The van der Waals surface area contributed by atoms with Gasteiger partial charge in [-0.3, -0.25) is 9.59 Å². The molecule has 0 spiro atoms. The van der Waals surface area contributed by atoms with Crippen LogP contribution in [0.1, 0.15) is 29.3 Å². The minimum absolute atomic E-state index is 0.0658. The van der Waals surface area contributed by atoms with Crippen LogP contribution in [-0.2, 0) is 14.3 Å². The first-order chi connectivity index (χ1) is 14.9. The number of aliphatic imine (C=N–C) groups is 1. The van der Waals surface area contributed by atoms with Crippen LogP contribution in [0.5, 0.6) is 5.75 Å². The molecule has 160 valence electrons. The number of ether oxygens (including phenoxy) is 2. The Bertz CT molecular complexity index is 1050. The van der Waals surface area contributed by atoms with Gasteiger partial charge >= 0.3 is 11.9 Å². The van der Waals surface area contributed by atoms with E-state index < -0.39 is 11.9 Å². The average molecular weight is 440 g/mol. The third kappa shape index (κ3) is 6.45. The summed E-state index contributed by atoms with van der Waals surface area (Å²) in [6, 6.07) is 13.6. The normalized spacial score (nSPS) is 15.7. The lowest BCUT2D eigenvalue weighted by atomic mass is 10.2. The number of thioether (sulfide) groups is 1. The number of carbonyl (C=O) groups excluding carboxylic acids is 2. The summed E-state index contributed by atoms with van der Waals surface area (Å²) in [6.07, 6.45) is 1.61. The number of benzene rings is 2. The minimum Gasteiger partial charge on any atom is -0.493 e. The number of amides is 1. The van der Waals surface area contributed by atoms with Gasteiger partial charge < -0.3 is 19.9 Å². The maximum Gasteiger partial charge on any atom is 0.338 e. The maximum atomic E-state index is 12.3. The highest BCUT2D eigenvalue weighted by Crippen LogP contribution is 2.29. The molecule has 1 fully saturated rings. The highest BCUT2D eigenvalue weighted by Gasteiger charge is 2.23. The maximum absolute atomic E-state index is 12.3. The van der Waals surface area contributed by atoms with Gasteiger partial charge in [0.15, 0.2) is 5.17 Å². The molecule has 9 heteroatoms. The summed E-state index contributed by atoms with van der Waals surface area (Å²) in [6.45, 7) is 2.11. The van der Waals surface area contributed by atoms with Gasteiger partial charge in [0.2, 0.25) is 0 Å². The van der Waals surface area contributed by atoms with Crippen molar-refractivity contribution in [3.05, 3.63) is 64.6 Å². The Morgan fingerprint density at radius 2 is 1.97 bits per heavy atom. The van der Waals surface area contributed by atoms with E-state index in [1.54, 1.807) is 55.5 Å². The van der Waals surface area contributed by atoms with Crippen LogP contribution in [0.4, 0.5) is 5.69 Å². The van der Waals surface area contributed by atoms with E-state index >= 15 is 0 Å². The molecule has 8 nitrogen and oxygen atoms in total. The number of hydrogen-bond donors (Lipinski definition) is 2. The number of carboxylic acid groups (broad SMARTS) is 1. The molecule has 1 aliphatic rings. The van der Waals surface area contributed by atoms with Crippen LogP contribution >= 0.6 is 11.8 Å². The number of amidine groups is 1. The van der Waals surface area contributed by atoms with Gasteiger partial charge in [-0.2, -0.15) is 0 Å². The van der Waals surface area contributed by atoms with Gasteiger partial charge in [-0.25, -0.2) is 9.79 Å². The highest BCUT2D eigenvalue weighted by molar-refractivity contribution is 8.18. The fraction of sp³-hybridized carbons (Fsp3) is 0.182. The summed E-state index contributed by atoms with van der Waals surface area (Å²) in [5.41, 5.74) is 1.76. The Morgan fingerprint density at radius 1 is 1.19 bits per heavy atom. The van der Waals surface area contributed by atoms with Crippen LogP contribution in [0.15, 0.2) is 58.4 Å². The number of rotatable bonds is 8. The first kappa shape index (κ1) is 22.1. The Morgan fingerprint density at radius 3 is 2.68 bits per heavy atom. The lowest BCUT2D eigenvalue weighted by Crippen LogP contribution is -2.19. The number of carboxylic acids is 1. The standard InChI is InChI=1S/C22H20N2O6S/c1-2-29-21(28)15-6-8-16(9-7-15)23-22-24-20(27)18(31-22)13-14-4-3-5-17(12-14)30-11-10-19(25)26/h3-9,12-13H,2,10-11H2,1H3,(H,25,26)(H,23,24,27)/b18-13+. The third-order valence-corrected chi connectivity index (χ3v) is 4.91. The molecule has 2 aromatic carbocycles. The van der Waals surface area contributed by atoms with Gasteiger partial charge in [0, 0.05) is 0 Å². The molecule has 1 amide bonds. The lowest BCUT2D eigenvalue weighted by Gasteiger charge is -2.05. The average Bonchev–Trinajstić information content (AvgIpc) is 3.07. The SMILES string of the molecule is CCOC(=O)c1ccc(N=C2NC(=O)/C(=C\c3cccc(OCCC(=O)O)c3)S2)cc1. The summed E-state index contributed by atoms with van der Waals surface area (Å²) >= 11 is 1.19. The molecule has 1 aliphatic heterocycles. The van der Waals surface area contributed by atoms with E-state index in [9.17, 15) is 14.4 Å². The summed E-state index contributed by atoms with van der Waals surface area (Å²) in [5, 5.41) is 11.8. The minimum atomic E-state index is -0.931. The predicted molar refractivity (Wildman–Crippen MR) is 117 cm³/mol. The Balaban J connectivity index is 1.67. The van der Waals surface area contributed by atoms with Crippen molar-refractivity contribution in [1.82, 2.24) is 5.32 Å². The monoisotopic (exact) mass is 440 g/mol. The fourth-order valence-corrected chi connectivity index (χ4v) is 3.43. The van der Waals surface area contributed by atoms with E-state index in [2.05, 4.69) is 10.3 Å². The lowest BCUT2D eigenvalue weighted by molar-refractivity contribution is -0.137. The van der Waals surface area contributed by atoms with Crippen LogP contribution < -0.4 is 10.1 Å². The van der Waals surface area contributed by atoms with Crippen molar-refractivity contribution in [2.75, 3.05) is 13.2 Å². The molecular formula is C22H20N2O6S. The molecule has 1 heterocycles. The highest BCUT2D eigenvalue weighted by atomic mass is 32.2. The number of nitrogens with one attached hydrogen (secondary N) is 1. The van der Waals surface area contributed by atoms with Crippen molar-refractivity contribution >= 4 is 46.5 Å². The Labute approximate surface area is 183 Å². The first-order valence-electron chi connectivity index (χ1n) is 9.46. The molecule has 0 saturated carbocycles. The van der Waals surface area contributed by atoms with E-state index in [0.717, 1.165) is 5.56 Å². The molecule has 31 heavy (non-hydrogen) atoms. The number of hydrogen-bond acceptors (Lipinski definition) is 7. The molecule has 0 atom stereocenters. The molecule has 0 aromatic heterocycles. The molecular weight excluding hydrogens is 420 g/mol. The number of nitrogens with zero attached hydrogens (tertiary/aromatic N) is 1. The Kier molecular flexibility index (Phi) is 7.45. The second-order valence-electron chi connectivity index (χ2n) is 6.31. The molecule has 2 N–H and O–H groups in total. The second kappa shape index (κ2) is 10.4. The van der Waals surface area contributed by atoms with Crippen molar-refractivity contribution in [2.24, 2.45) is 4.99 Å². The van der Waals surface area contributed by atoms with E-state index in [4.69, 9.17) is 14.6 Å². The molecule has 3 rings (SSSR count). The van der Waals surface area contributed by atoms with Crippen molar-refractivity contribution in [3.8, 4) is 5.75 Å². The quantitative estimate of drug-likeness (QED) is 0.476.